The van der Waals surface area contributed by atoms with Crippen molar-refractivity contribution in [1.29, 1.82) is 0 Å². The van der Waals surface area contributed by atoms with E-state index < -0.39 is 0 Å². The molecule has 0 heterocycles. The highest BCUT2D eigenvalue weighted by Gasteiger charge is 2.07. The second kappa shape index (κ2) is 2.31. The van der Waals surface area contributed by atoms with Gasteiger partial charge in [0.1, 0.15) is 0 Å². The third-order valence-corrected chi connectivity index (χ3v) is 0.577. The zero-order chi connectivity index (χ0) is 5.91. The van der Waals surface area contributed by atoms with Gasteiger partial charge in [-0.3, -0.25) is 0 Å². The normalized spacial score (nSPS) is 12.0. The van der Waals surface area contributed by atoms with Crippen molar-refractivity contribution in [3.8, 4) is 0 Å². The molecule has 1 nitrogen and oxygen atoms in total. The van der Waals surface area contributed by atoms with Crippen LogP contribution in [-0.2, 0) is 4.74 Å². The van der Waals surface area contributed by atoms with Crippen LogP contribution in [0.2, 0.25) is 0 Å². The number of ether oxygens (including phenoxy) is 1. The summed E-state index contributed by atoms with van der Waals surface area (Å²) in [7, 11) is 1.73. The summed E-state index contributed by atoms with van der Waals surface area (Å²) >= 11 is 0. The largest absolute Gasteiger partial charge is 0.384 e. The van der Waals surface area contributed by atoms with E-state index in [4.69, 9.17) is 4.74 Å². The summed E-state index contributed by atoms with van der Waals surface area (Å²) < 4.78 is 4.91. The van der Waals surface area contributed by atoms with Crippen molar-refractivity contribution < 1.29 is 6.16 Å². The molecule has 0 unspecified atom stereocenters. The molecule has 0 saturated heterocycles. The highest BCUT2D eigenvalue weighted by molar-refractivity contribution is 4.57. The lowest BCUT2D eigenvalue weighted by molar-refractivity contribution is 0.116. The van der Waals surface area contributed by atoms with E-state index in [0.29, 0.717) is 5.41 Å². The van der Waals surface area contributed by atoms with Crippen LogP contribution in [0, 0.1) is 5.41 Å². The molecule has 1 heteroatoms. The van der Waals surface area contributed by atoms with Crippen molar-refractivity contribution in [3.05, 3.63) is 0 Å². The van der Waals surface area contributed by atoms with E-state index in [1.807, 2.05) is 0 Å². The molecule has 0 aliphatic carbocycles. The van der Waals surface area contributed by atoms with Gasteiger partial charge in [-0.05, 0) is 5.41 Å². The molecular formula is C6H16O. The van der Waals surface area contributed by atoms with Crippen molar-refractivity contribution in [3.63, 3.8) is 0 Å². The summed E-state index contributed by atoms with van der Waals surface area (Å²) in [4.78, 5) is 0. The van der Waals surface area contributed by atoms with E-state index in [0.717, 1.165) is 6.61 Å². The molecule has 0 spiro atoms. The molecule has 0 aromatic carbocycles. The molecule has 0 radical (unpaired) electrons. The van der Waals surface area contributed by atoms with E-state index >= 15 is 0 Å². The first-order valence-corrected chi connectivity index (χ1v) is 2.55. The number of hydrogen-bond acceptors (Lipinski definition) is 1. The molecule has 0 aromatic rings. The number of methoxy groups -OCH3 is 1. The van der Waals surface area contributed by atoms with Crippen LogP contribution in [0.1, 0.15) is 22.2 Å². The van der Waals surface area contributed by atoms with Crippen molar-refractivity contribution in [2.24, 2.45) is 5.41 Å². The lowest BCUT2D eigenvalue weighted by atomic mass is 9.99. The minimum Gasteiger partial charge on any atom is -0.384 e. The zero-order valence-electron chi connectivity index (χ0n) is 5.62. The summed E-state index contributed by atoms with van der Waals surface area (Å²) in [6.07, 6.45) is 0. The van der Waals surface area contributed by atoms with Crippen LogP contribution in [0.4, 0.5) is 0 Å². The molecule has 0 aromatic heterocycles. The molecule has 46 valence electrons. The Balaban J connectivity index is 0. The molecule has 7 heavy (non-hydrogen) atoms. The second-order valence-corrected chi connectivity index (χ2v) is 2.99. The minimum absolute atomic E-state index is 0. The molecule has 0 amide bonds. The maximum Gasteiger partial charge on any atom is 0.0510 e. The van der Waals surface area contributed by atoms with Crippen molar-refractivity contribution >= 4 is 0 Å². The quantitative estimate of drug-likeness (QED) is 0.494. The average molecular weight is 104 g/mol. The lowest BCUT2D eigenvalue weighted by Crippen LogP contribution is -2.12. The number of rotatable bonds is 1. The van der Waals surface area contributed by atoms with Crippen LogP contribution in [0.3, 0.4) is 0 Å². The Labute approximate surface area is 47.2 Å². The van der Waals surface area contributed by atoms with Crippen LogP contribution in [0.15, 0.2) is 0 Å². The molecule has 0 aliphatic heterocycles. The van der Waals surface area contributed by atoms with E-state index in [9.17, 15) is 0 Å². The topological polar surface area (TPSA) is 9.23 Å². The Bertz CT molecular complexity index is 47.0. The highest BCUT2D eigenvalue weighted by Crippen LogP contribution is 2.11. The van der Waals surface area contributed by atoms with Gasteiger partial charge >= 0.3 is 0 Å². The third kappa shape index (κ3) is 5.96. The van der Waals surface area contributed by atoms with Gasteiger partial charge in [0.05, 0.1) is 6.61 Å². The fraction of sp³-hybridized carbons (Fsp3) is 1.00. The Kier molecular flexibility index (Phi) is 2.30. The van der Waals surface area contributed by atoms with Gasteiger partial charge in [-0.15, -0.1) is 0 Å². The van der Waals surface area contributed by atoms with Crippen LogP contribution >= 0.6 is 0 Å². The third-order valence-electron chi connectivity index (χ3n) is 0.577. The van der Waals surface area contributed by atoms with Crippen LogP contribution in [0.5, 0.6) is 0 Å². The summed E-state index contributed by atoms with van der Waals surface area (Å²) in [6, 6.07) is 0. The predicted octanol–water partition coefficient (Wildman–Crippen LogP) is 1.92. The molecule has 0 bridgehead atoms. The van der Waals surface area contributed by atoms with Gasteiger partial charge in [0.2, 0.25) is 0 Å². The first kappa shape index (κ1) is 6.96. The van der Waals surface area contributed by atoms with Gasteiger partial charge in [0.15, 0.2) is 0 Å². The van der Waals surface area contributed by atoms with Crippen molar-refractivity contribution in [2.75, 3.05) is 13.7 Å². The monoisotopic (exact) mass is 104 g/mol. The molecule has 0 rings (SSSR count). The van der Waals surface area contributed by atoms with E-state index in [2.05, 4.69) is 20.8 Å². The Morgan fingerprint density at radius 1 is 1.43 bits per heavy atom. The predicted molar refractivity (Wildman–Crippen MR) is 33.4 cm³/mol. The summed E-state index contributed by atoms with van der Waals surface area (Å²) in [5.41, 5.74) is 0.328. The fourth-order valence-electron chi connectivity index (χ4n) is 0.433. The van der Waals surface area contributed by atoms with Crippen molar-refractivity contribution in [2.45, 2.75) is 20.8 Å². The van der Waals surface area contributed by atoms with Gasteiger partial charge < -0.3 is 4.74 Å². The van der Waals surface area contributed by atoms with Gasteiger partial charge in [0.25, 0.3) is 0 Å². The Hall–Kier alpha value is -0.0400. The number of hydrogen-bond donors (Lipinski definition) is 0. The molecule has 0 fully saturated rings. The average Bonchev–Trinajstić information content (AvgIpc) is 1.30. The van der Waals surface area contributed by atoms with Crippen molar-refractivity contribution in [1.82, 2.24) is 0 Å². The second-order valence-electron chi connectivity index (χ2n) is 2.99. The molecule has 0 aliphatic rings. The minimum atomic E-state index is 0. The Morgan fingerprint density at radius 2 is 1.86 bits per heavy atom. The van der Waals surface area contributed by atoms with Gasteiger partial charge in [-0.2, -0.15) is 0 Å². The van der Waals surface area contributed by atoms with Crippen LogP contribution < -0.4 is 0 Å². The standard InChI is InChI=1S/C6H14O.H2/c1-6(2,3)5-7-4;/h5H2,1-4H3;1H. The van der Waals surface area contributed by atoms with E-state index in [-0.39, 0.29) is 1.43 Å². The maximum absolute atomic E-state index is 4.91. The summed E-state index contributed by atoms with van der Waals surface area (Å²) in [5, 5.41) is 0. The summed E-state index contributed by atoms with van der Waals surface area (Å²) in [6.45, 7) is 7.29. The van der Waals surface area contributed by atoms with Gasteiger partial charge in [-0.1, -0.05) is 20.8 Å². The van der Waals surface area contributed by atoms with Crippen LogP contribution in [0.25, 0.3) is 0 Å². The first-order chi connectivity index (χ1) is 3.06. The molecule has 0 N–H and O–H groups in total. The smallest absolute Gasteiger partial charge is 0.0510 e. The molecule has 0 saturated carbocycles. The molecule has 0 atom stereocenters. The zero-order valence-corrected chi connectivity index (χ0v) is 5.62. The van der Waals surface area contributed by atoms with E-state index in [1.165, 1.54) is 0 Å². The Morgan fingerprint density at radius 3 is 1.86 bits per heavy atom. The van der Waals surface area contributed by atoms with Gasteiger partial charge in [-0.25, -0.2) is 0 Å². The van der Waals surface area contributed by atoms with Crippen LogP contribution in [-0.4, -0.2) is 13.7 Å². The summed E-state index contributed by atoms with van der Waals surface area (Å²) in [5.74, 6) is 0. The first-order valence-electron chi connectivity index (χ1n) is 2.55. The van der Waals surface area contributed by atoms with E-state index in [1.54, 1.807) is 7.11 Å². The molecular weight excluding hydrogens is 88.1 g/mol. The fourth-order valence-corrected chi connectivity index (χ4v) is 0.433. The van der Waals surface area contributed by atoms with Gasteiger partial charge in [0, 0.05) is 8.54 Å². The SMILES string of the molecule is COCC(C)(C)C.[HH]. The maximum atomic E-state index is 4.91. The highest BCUT2D eigenvalue weighted by atomic mass is 16.5. The lowest BCUT2D eigenvalue weighted by Gasteiger charge is -2.15.